The van der Waals surface area contributed by atoms with Gasteiger partial charge in [-0.2, -0.15) is 0 Å². The first-order valence-electron chi connectivity index (χ1n) is 9.47. The van der Waals surface area contributed by atoms with E-state index in [-0.39, 0.29) is 12.1 Å². The van der Waals surface area contributed by atoms with Crippen molar-refractivity contribution in [1.29, 1.82) is 0 Å². The van der Waals surface area contributed by atoms with E-state index in [1.807, 2.05) is 19.9 Å². The third kappa shape index (κ3) is 3.94. The number of morpholine rings is 1. The highest BCUT2D eigenvalue weighted by Crippen LogP contribution is 2.35. The van der Waals surface area contributed by atoms with E-state index >= 15 is 0 Å². The molecule has 2 aromatic rings. The van der Waals surface area contributed by atoms with Crippen LogP contribution in [0.4, 0.5) is 10.2 Å². The second-order valence-corrected chi connectivity index (χ2v) is 7.01. The zero-order valence-corrected chi connectivity index (χ0v) is 16.8. The fourth-order valence-corrected chi connectivity index (χ4v) is 3.32. The Labute approximate surface area is 165 Å². The normalized spacial score (nSPS) is 17.9. The fraction of sp³-hybridized carbons (Fsp3) is 0.429. The molecule has 0 radical (unpaired) electrons. The highest BCUT2D eigenvalue weighted by atomic mass is 19.1. The molecule has 1 fully saturated rings. The van der Waals surface area contributed by atoms with E-state index in [0.717, 1.165) is 5.82 Å². The standard InChI is InChI=1S/C21H27FN4O2/c1-6-7-16(23-5)20-21-19(15(22)11-24-20)17(28-13(2)3)10-18(25-21)26-8-9-27-12-14(26)4/h6-7,10-11,13-14,23H,1,8-9,12H2,2-5H3/b16-7-. The molecule has 3 heterocycles. The number of fused-ring (bicyclic) bond motifs is 1. The lowest BCUT2D eigenvalue weighted by Gasteiger charge is -2.34. The summed E-state index contributed by atoms with van der Waals surface area (Å²) in [5.41, 5.74) is 1.71. The largest absolute Gasteiger partial charge is 0.490 e. The van der Waals surface area contributed by atoms with Crippen LogP contribution in [-0.2, 0) is 4.74 Å². The van der Waals surface area contributed by atoms with Gasteiger partial charge in [-0.15, -0.1) is 0 Å². The monoisotopic (exact) mass is 386 g/mol. The van der Waals surface area contributed by atoms with Crippen LogP contribution in [0.2, 0.25) is 0 Å². The first-order valence-corrected chi connectivity index (χ1v) is 9.47. The number of pyridine rings is 2. The molecule has 1 unspecified atom stereocenters. The minimum absolute atomic E-state index is 0.107. The second kappa shape index (κ2) is 8.56. The molecule has 2 aromatic heterocycles. The first kappa shape index (κ1) is 20.1. The van der Waals surface area contributed by atoms with Crippen LogP contribution in [0.25, 0.3) is 16.6 Å². The Balaban J connectivity index is 2.29. The molecule has 1 N–H and O–H groups in total. The summed E-state index contributed by atoms with van der Waals surface area (Å²) < 4.78 is 26.3. The Morgan fingerprint density at radius 1 is 1.50 bits per heavy atom. The smallest absolute Gasteiger partial charge is 0.154 e. The Hall–Kier alpha value is -2.67. The fourth-order valence-electron chi connectivity index (χ4n) is 3.32. The third-order valence-corrected chi connectivity index (χ3v) is 4.57. The van der Waals surface area contributed by atoms with Gasteiger partial charge in [0.25, 0.3) is 0 Å². The van der Waals surface area contributed by atoms with Crippen LogP contribution in [0.1, 0.15) is 26.5 Å². The Bertz CT molecular complexity index is 898. The predicted octanol–water partition coefficient (Wildman–Crippen LogP) is 3.53. The van der Waals surface area contributed by atoms with Crippen LogP contribution in [0.15, 0.2) is 31.0 Å². The van der Waals surface area contributed by atoms with Crippen molar-refractivity contribution < 1.29 is 13.9 Å². The van der Waals surface area contributed by atoms with Crippen molar-refractivity contribution in [3.8, 4) is 5.75 Å². The van der Waals surface area contributed by atoms with E-state index in [2.05, 4.69) is 28.7 Å². The van der Waals surface area contributed by atoms with Gasteiger partial charge in [0.1, 0.15) is 22.8 Å². The number of allylic oxidation sites excluding steroid dienone is 2. The molecule has 1 saturated heterocycles. The highest BCUT2D eigenvalue weighted by molar-refractivity contribution is 5.94. The van der Waals surface area contributed by atoms with Crippen LogP contribution in [0.5, 0.6) is 5.75 Å². The van der Waals surface area contributed by atoms with E-state index in [9.17, 15) is 4.39 Å². The lowest BCUT2D eigenvalue weighted by atomic mass is 10.1. The summed E-state index contributed by atoms with van der Waals surface area (Å²) in [6, 6.07) is 1.97. The van der Waals surface area contributed by atoms with Crippen LogP contribution >= 0.6 is 0 Å². The summed E-state index contributed by atoms with van der Waals surface area (Å²) in [6.07, 6.45) is 4.54. The van der Waals surface area contributed by atoms with Gasteiger partial charge in [0.15, 0.2) is 5.82 Å². The van der Waals surface area contributed by atoms with Crippen LogP contribution in [-0.4, -0.2) is 48.9 Å². The van der Waals surface area contributed by atoms with Crippen molar-refractivity contribution in [1.82, 2.24) is 15.3 Å². The molecule has 3 rings (SSSR count). The molecule has 1 atom stereocenters. The number of aromatic nitrogens is 2. The predicted molar refractivity (Wildman–Crippen MR) is 110 cm³/mol. The van der Waals surface area contributed by atoms with Crippen molar-refractivity contribution in [3.63, 3.8) is 0 Å². The molecule has 28 heavy (non-hydrogen) atoms. The van der Waals surface area contributed by atoms with Crippen molar-refractivity contribution >= 4 is 22.4 Å². The van der Waals surface area contributed by atoms with Gasteiger partial charge in [0.2, 0.25) is 0 Å². The molecule has 0 aromatic carbocycles. The lowest BCUT2D eigenvalue weighted by molar-refractivity contribution is 0.0985. The maximum atomic E-state index is 14.8. The topological polar surface area (TPSA) is 59.5 Å². The van der Waals surface area contributed by atoms with Crippen molar-refractivity contribution in [2.24, 2.45) is 0 Å². The number of hydrogen-bond acceptors (Lipinski definition) is 6. The summed E-state index contributed by atoms with van der Waals surface area (Å²) in [5.74, 6) is 0.725. The van der Waals surface area contributed by atoms with Crippen molar-refractivity contribution in [2.45, 2.75) is 32.9 Å². The van der Waals surface area contributed by atoms with E-state index in [1.54, 1.807) is 19.2 Å². The Morgan fingerprint density at radius 3 is 2.93 bits per heavy atom. The van der Waals surface area contributed by atoms with Crippen molar-refractivity contribution in [2.75, 3.05) is 31.7 Å². The molecule has 7 heteroatoms. The van der Waals surface area contributed by atoms with Crippen LogP contribution < -0.4 is 15.0 Å². The second-order valence-electron chi connectivity index (χ2n) is 7.01. The molecule has 0 amide bonds. The number of halogens is 1. The molecule has 0 aliphatic carbocycles. The zero-order chi connectivity index (χ0) is 20.3. The summed E-state index contributed by atoms with van der Waals surface area (Å²) in [5, 5.41) is 3.42. The van der Waals surface area contributed by atoms with E-state index in [0.29, 0.717) is 47.8 Å². The molecule has 1 aliphatic rings. The van der Waals surface area contributed by atoms with Crippen LogP contribution in [0.3, 0.4) is 0 Å². The van der Waals surface area contributed by atoms with Gasteiger partial charge in [-0.3, -0.25) is 0 Å². The molecule has 0 spiro atoms. The number of ether oxygens (including phenoxy) is 2. The maximum absolute atomic E-state index is 14.8. The van der Waals surface area contributed by atoms with E-state index in [1.165, 1.54) is 6.20 Å². The van der Waals surface area contributed by atoms with Gasteiger partial charge >= 0.3 is 0 Å². The number of rotatable bonds is 6. The summed E-state index contributed by atoms with van der Waals surface area (Å²) in [6.45, 7) is 11.6. The molecule has 0 saturated carbocycles. The average Bonchev–Trinajstić information content (AvgIpc) is 2.66. The molecular weight excluding hydrogens is 359 g/mol. The quantitative estimate of drug-likeness (QED) is 0.767. The maximum Gasteiger partial charge on any atom is 0.154 e. The summed E-state index contributed by atoms with van der Waals surface area (Å²) in [4.78, 5) is 11.3. The number of hydrogen-bond donors (Lipinski definition) is 1. The van der Waals surface area contributed by atoms with Crippen molar-refractivity contribution in [3.05, 3.63) is 42.5 Å². The highest BCUT2D eigenvalue weighted by Gasteiger charge is 2.24. The lowest BCUT2D eigenvalue weighted by Crippen LogP contribution is -2.44. The molecule has 1 aliphatic heterocycles. The van der Waals surface area contributed by atoms with Gasteiger partial charge < -0.3 is 19.7 Å². The Kier molecular flexibility index (Phi) is 6.14. The van der Waals surface area contributed by atoms with Gasteiger partial charge in [0.05, 0.1) is 42.6 Å². The Morgan fingerprint density at radius 2 is 2.29 bits per heavy atom. The van der Waals surface area contributed by atoms with Gasteiger partial charge in [-0.1, -0.05) is 12.7 Å². The molecule has 6 nitrogen and oxygen atoms in total. The first-order chi connectivity index (χ1) is 13.5. The minimum Gasteiger partial charge on any atom is -0.490 e. The van der Waals surface area contributed by atoms with E-state index < -0.39 is 5.82 Å². The number of nitrogens with one attached hydrogen (secondary N) is 1. The van der Waals surface area contributed by atoms with Crippen LogP contribution in [0, 0.1) is 5.82 Å². The minimum atomic E-state index is -0.461. The molecular formula is C21H27FN4O2. The molecule has 150 valence electrons. The summed E-state index contributed by atoms with van der Waals surface area (Å²) >= 11 is 0. The van der Waals surface area contributed by atoms with Gasteiger partial charge in [0, 0.05) is 19.7 Å². The SMILES string of the molecule is C=C/C=C(\NC)c1ncc(F)c2c(OC(C)C)cc(N3CCOCC3C)nc12. The molecule has 0 bridgehead atoms. The summed E-state index contributed by atoms with van der Waals surface area (Å²) in [7, 11) is 1.78. The number of anilines is 1. The van der Waals surface area contributed by atoms with E-state index in [4.69, 9.17) is 14.5 Å². The number of nitrogens with zero attached hydrogens (tertiary/aromatic N) is 3. The van der Waals surface area contributed by atoms with Gasteiger partial charge in [-0.25, -0.2) is 14.4 Å². The zero-order valence-electron chi connectivity index (χ0n) is 16.8. The average molecular weight is 386 g/mol. The van der Waals surface area contributed by atoms with Gasteiger partial charge in [-0.05, 0) is 26.8 Å². The third-order valence-electron chi connectivity index (χ3n) is 4.57.